The SMILES string of the molecule is COc1ccc(C(=O)N2C[C@@H]3CN(CC(N)=O)C[C@@H]3[C@@H]2c2cccc(F)c2)cn1. The second-order valence-corrected chi connectivity index (χ2v) is 7.63. The molecule has 2 aliphatic rings. The number of nitrogens with zero attached hydrogens (tertiary/aromatic N) is 3. The molecular weight excluding hydrogens is 375 g/mol. The number of hydrogen-bond donors (Lipinski definition) is 1. The summed E-state index contributed by atoms with van der Waals surface area (Å²) in [5, 5.41) is 0. The molecule has 2 aliphatic heterocycles. The number of fused-ring (bicyclic) bond motifs is 1. The van der Waals surface area contributed by atoms with E-state index in [0.717, 1.165) is 5.56 Å². The minimum Gasteiger partial charge on any atom is -0.481 e. The summed E-state index contributed by atoms with van der Waals surface area (Å²) < 4.78 is 19.0. The average Bonchev–Trinajstić information content (AvgIpc) is 3.24. The van der Waals surface area contributed by atoms with Gasteiger partial charge in [-0.05, 0) is 29.7 Å². The summed E-state index contributed by atoms with van der Waals surface area (Å²) in [6.45, 7) is 2.05. The van der Waals surface area contributed by atoms with Crippen molar-refractivity contribution in [1.82, 2.24) is 14.8 Å². The van der Waals surface area contributed by atoms with Gasteiger partial charge in [-0.1, -0.05) is 12.1 Å². The van der Waals surface area contributed by atoms with E-state index < -0.39 is 0 Å². The molecule has 7 nitrogen and oxygen atoms in total. The fourth-order valence-corrected chi connectivity index (χ4v) is 4.61. The summed E-state index contributed by atoms with van der Waals surface area (Å²) in [4.78, 5) is 32.5. The Morgan fingerprint density at radius 1 is 1.24 bits per heavy atom. The lowest BCUT2D eigenvalue weighted by atomic mass is 9.89. The van der Waals surface area contributed by atoms with E-state index in [9.17, 15) is 14.0 Å². The molecule has 8 heteroatoms. The Bertz CT molecular complexity index is 920. The van der Waals surface area contributed by atoms with Gasteiger partial charge in [-0.2, -0.15) is 0 Å². The molecule has 2 amide bonds. The molecule has 2 aromatic rings. The summed E-state index contributed by atoms with van der Waals surface area (Å²) in [5.41, 5.74) is 6.57. The number of aromatic nitrogens is 1. The number of ether oxygens (including phenoxy) is 1. The molecule has 0 spiro atoms. The van der Waals surface area contributed by atoms with Gasteiger partial charge < -0.3 is 15.4 Å². The van der Waals surface area contributed by atoms with E-state index in [1.54, 1.807) is 23.1 Å². The van der Waals surface area contributed by atoms with Crippen LogP contribution in [-0.2, 0) is 4.79 Å². The standard InChI is InChI=1S/C21H23FN4O3/c1-29-19-6-5-14(8-24-19)21(28)26-10-15-9-25(12-18(23)27)11-17(15)20(26)13-3-2-4-16(22)7-13/h2-8,15,17,20H,9-12H2,1H3,(H2,23,27)/t15-,17-,20-/m0/s1. The lowest BCUT2D eigenvalue weighted by Gasteiger charge is -2.30. The van der Waals surface area contributed by atoms with Crippen molar-refractivity contribution in [2.24, 2.45) is 17.6 Å². The van der Waals surface area contributed by atoms with Crippen LogP contribution in [0.25, 0.3) is 0 Å². The Kier molecular flexibility index (Phi) is 5.19. The van der Waals surface area contributed by atoms with Gasteiger partial charge in [0.2, 0.25) is 11.8 Å². The highest BCUT2D eigenvalue weighted by molar-refractivity contribution is 5.94. The topological polar surface area (TPSA) is 88.8 Å². The Hall–Kier alpha value is -3.00. The number of likely N-dealkylation sites (tertiary alicyclic amines) is 2. The first-order valence-electron chi connectivity index (χ1n) is 9.53. The number of hydrogen-bond acceptors (Lipinski definition) is 5. The van der Waals surface area contributed by atoms with Crippen LogP contribution in [0.3, 0.4) is 0 Å². The van der Waals surface area contributed by atoms with Crippen LogP contribution in [0.5, 0.6) is 5.88 Å². The molecule has 3 heterocycles. The number of carbonyl (C=O) groups excluding carboxylic acids is 2. The second-order valence-electron chi connectivity index (χ2n) is 7.63. The molecule has 0 saturated carbocycles. The number of carbonyl (C=O) groups is 2. The molecule has 1 aromatic carbocycles. The zero-order valence-electron chi connectivity index (χ0n) is 16.1. The van der Waals surface area contributed by atoms with E-state index in [1.165, 1.54) is 25.4 Å². The zero-order chi connectivity index (χ0) is 20.5. The first-order valence-corrected chi connectivity index (χ1v) is 9.53. The van der Waals surface area contributed by atoms with Crippen molar-refractivity contribution < 1.29 is 18.7 Å². The molecule has 2 saturated heterocycles. The maximum atomic E-state index is 13.9. The Labute approximate surface area is 168 Å². The van der Waals surface area contributed by atoms with Gasteiger partial charge in [-0.25, -0.2) is 9.37 Å². The van der Waals surface area contributed by atoms with Gasteiger partial charge in [-0.15, -0.1) is 0 Å². The summed E-state index contributed by atoms with van der Waals surface area (Å²) in [6, 6.07) is 9.44. The van der Waals surface area contributed by atoms with E-state index >= 15 is 0 Å². The Balaban J connectivity index is 1.64. The van der Waals surface area contributed by atoms with Crippen LogP contribution < -0.4 is 10.5 Å². The number of rotatable bonds is 5. The van der Waals surface area contributed by atoms with E-state index in [0.29, 0.717) is 31.1 Å². The average molecular weight is 398 g/mol. The van der Waals surface area contributed by atoms with Crippen LogP contribution in [-0.4, -0.2) is 59.9 Å². The monoisotopic (exact) mass is 398 g/mol. The quantitative estimate of drug-likeness (QED) is 0.824. The van der Waals surface area contributed by atoms with E-state index in [2.05, 4.69) is 4.98 Å². The third kappa shape index (κ3) is 3.80. The summed E-state index contributed by atoms with van der Waals surface area (Å²) in [6.07, 6.45) is 1.50. The lowest BCUT2D eigenvalue weighted by molar-refractivity contribution is -0.119. The van der Waals surface area contributed by atoms with E-state index in [1.807, 2.05) is 11.0 Å². The number of pyridine rings is 1. The summed E-state index contributed by atoms with van der Waals surface area (Å²) in [7, 11) is 1.52. The zero-order valence-corrected chi connectivity index (χ0v) is 16.1. The van der Waals surface area contributed by atoms with Crippen molar-refractivity contribution in [2.45, 2.75) is 6.04 Å². The highest BCUT2D eigenvalue weighted by atomic mass is 19.1. The van der Waals surface area contributed by atoms with Gasteiger partial charge >= 0.3 is 0 Å². The number of primary amides is 1. The molecule has 152 valence electrons. The molecule has 2 fully saturated rings. The summed E-state index contributed by atoms with van der Waals surface area (Å²) in [5.74, 6) is -0.126. The molecular formula is C21H23FN4O3. The van der Waals surface area contributed by atoms with E-state index in [-0.39, 0.29) is 42.1 Å². The fraction of sp³-hybridized carbons (Fsp3) is 0.381. The van der Waals surface area contributed by atoms with Gasteiger partial charge in [-0.3, -0.25) is 14.5 Å². The maximum Gasteiger partial charge on any atom is 0.255 e. The number of benzene rings is 1. The predicted molar refractivity (Wildman–Crippen MR) is 104 cm³/mol. The van der Waals surface area contributed by atoms with Crippen LogP contribution in [0.1, 0.15) is 22.0 Å². The van der Waals surface area contributed by atoms with Crippen molar-refractivity contribution in [1.29, 1.82) is 0 Å². The highest BCUT2D eigenvalue weighted by Crippen LogP contribution is 2.45. The number of amides is 2. The van der Waals surface area contributed by atoms with Crippen LogP contribution >= 0.6 is 0 Å². The number of nitrogens with two attached hydrogens (primary N) is 1. The van der Waals surface area contributed by atoms with Crippen molar-refractivity contribution in [2.75, 3.05) is 33.3 Å². The van der Waals surface area contributed by atoms with Crippen molar-refractivity contribution in [3.05, 3.63) is 59.5 Å². The Morgan fingerprint density at radius 3 is 2.72 bits per heavy atom. The lowest BCUT2D eigenvalue weighted by Crippen LogP contribution is -2.38. The Morgan fingerprint density at radius 2 is 2.07 bits per heavy atom. The molecule has 0 unspecified atom stereocenters. The minimum atomic E-state index is -0.371. The molecule has 29 heavy (non-hydrogen) atoms. The van der Waals surface area contributed by atoms with Crippen LogP contribution in [0.15, 0.2) is 42.6 Å². The third-order valence-corrected chi connectivity index (χ3v) is 5.76. The molecule has 0 bridgehead atoms. The van der Waals surface area contributed by atoms with Crippen molar-refractivity contribution >= 4 is 11.8 Å². The van der Waals surface area contributed by atoms with Crippen LogP contribution in [0, 0.1) is 17.7 Å². The van der Waals surface area contributed by atoms with Crippen LogP contribution in [0.2, 0.25) is 0 Å². The maximum absolute atomic E-state index is 13.9. The molecule has 4 rings (SSSR count). The summed E-state index contributed by atoms with van der Waals surface area (Å²) >= 11 is 0. The van der Waals surface area contributed by atoms with Gasteiger partial charge in [0.15, 0.2) is 0 Å². The van der Waals surface area contributed by atoms with Crippen molar-refractivity contribution in [3.8, 4) is 5.88 Å². The normalized spacial score (nSPS) is 23.8. The van der Waals surface area contributed by atoms with Gasteiger partial charge in [0, 0.05) is 37.8 Å². The fourth-order valence-electron chi connectivity index (χ4n) is 4.61. The van der Waals surface area contributed by atoms with Crippen molar-refractivity contribution in [3.63, 3.8) is 0 Å². The number of methoxy groups -OCH3 is 1. The van der Waals surface area contributed by atoms with Gasteiger partial charge in [0.1, 0.15) is 5.82 Å². The first kappa shape index (κ1) is 19.3. The first-order chi connectivity index (χ1) is 14.0. The molecule has 0 aliphatic carbocycles. The van der Waals surface area contributed by atoms with E-state index in [4.69, 9.17) is 10.5 Å². The van der Waals surface area contributed by atoms with Gasteiger partial charge in [0.05, 0.1) is 25.3 Å². The predicted octanol–water partition coefficient (Wildman–Crippen LogP) is 1.46. The second kappa shape index (κ2) is 7.79. The largest absolute Gasteiger partial charge is 0.481 e. The van der Waals surface area contributed by atoms with Crippen LogP contribution in [0.4, 0.5) is 4.39 Å². The smallest absolute Gasteiger partial charge is 0.255 e. The minimum absolute atomic E-state index is 0.103. The van der Waals surface area contributed by atoms with Gasteiger partial charge in [0.25, 0.3) is 5.91 Å². The molecule has 0 radical (unpaired) electrons. The molecule has 3 atom stereocenters. The third-order valence-electron chi connectivity index (χ3n) is 5.76. The highest BCUT2D eigenvalue weighted by Gasteiger charge is 2.49. The number of halogens is 1. The molecule has 2 N–H and O–H groups in total. The molecule has 1 aromatic heterocycles.